The molecule has 0 saturated carbocycles. The first kappa shape index (κ1) is 12.8. The molecule has 1 aliphatic rings. The summed E-state index contributed by atoms with van der Waals surface area (Å²) in [5, 5.41) is 6.70. The Labute approximate surface area is 117 Å². The summed E-state index contributed by atoms with van der Waals surface area (Å²) in [5.41, 5.74) is 2.74. The molecule has 0 aromatic carbocycles. The molecule has 0 bridgehead atoms. The van der Waals surface area contributed by atoms with Crippen molar-refractivity contribution in [3.8, 4) is 11.3 Å². The van der Waals surface area contributed by atoms with Crippen LogP contribution in [0.1, 0.15) is 19.0 Å². The molecule has 20 heavy (non-hydrogen) atoms. The molecule has 6 nitrogen and oxygen atoms in total. The molecular weight excluding hydrogens is 254 g/mol. The molecule has 1 amide bonds. The lowest BCUT2D eigenvalue weighted by atomic mass is 10.0. The van der Waals surface area contributed by atoms with Crippen molar-refractivity contribution < 1.29 is 4.79 Å². The highest BCUT2D eigenvalue weighted by Gasteiger charge is 2.24. The van der Waals surface area contributed by atoms with Gasteiger partial charge in [0.2, 0.25) is 5.91 Å². The van der Waals surface area contributed by atoms with Crippen LogP contribution in [0.2, 0.25) is 0 Å². The van der Waals surface area contributed by atoms with Crippen molar-refractivity contribution in [2.75, 3.05) is 13.1 Å². The number of nitrogens with zero attached hydrogens (tertiary/aromatic N) is 4. The smallest absolute Gasteiger partial charge is 0.219 e. The lowest BCUT2D eigenvalue weighted by Crippen LogP contribution is -2.26. The Kier molecular flexibility index (Phi) is 3.45. The first-order valence-corrected chi connectivity index (χ1v) is 6.78. The second-order valence-corrected chi connectivity index (χ2v) is 5.21. The average molecular weight is 271 g/mol. The van der Waals surface area contributed by atoms with E-state index in [1.807, 2.05) is 4.90 Å². The number of likely N-dealkylation sites (tertiary alicyclic amines) is 1. The van der Waals surface area contributed by atoms with Gasteiger partial charge in [0.25, 0.3) is 0 Å². The number of H-pyrrole nitrogens is 1. The van der Waals surface area contributed by atoms with Crippen molar-refractivity contribution in [3.63, 3.8) is 0 Å². The van der Waals surface area contributed by atoms with Crippen LogP contribution in [0.25, 0.3) is 11.3 Å². The monoisotopic (exact) mass is 271 g/mol. The van der Waals surface area contributed by atoms with Crippen LogP contribution in [0.15, 0.2) is 24.8 Å². The Morgan fingerprint density at radius 3 is 3.05 bits per heavy atom. The van der Waals surface area contributed by atoms with E-state index in [-0.39, 0.29) is 5.91 Å². The topological polar surface area (TPSA) is 74.8 Å². The normalized spacial score (nSPS) is 18.4. The van der Waals surface area contributed by atoms with Gasteiger partial charge in [-0.3, -0.25) is 14.9 Å². The van der Waals surface area contributed by atoms with Gasteiger partial charge in [-0.25, -0.2) is 4.98 Å². The lowest BCUT2D eigenvalue weighted by Gasteiger charge is -2.13. The summed E-state index contributed by atoms with van der Waals surface area (Å²) >= 11 is 0. The van der Waals surface area contributed by atoms with E-state index in [1.54, 1.807) is 31.7 Å². The number of aromatic nitrogens is 4. The summed E-state index contributed by atoms with van der Waals surface area (Å²) < 4.78 is 0. The lowest BCUT2D eigenvalue weighted by molar-refractivity contribution is -0.127. The van der Waals surface area contributed by atoms with E-state index in [9.17, 15) is 4.79 Å². The molecule has 0 unspecified atom stereocenters. The minimum Gasteiger partial charge on any atom is -0.343 e. The van der Waals surface area contributed by atoms with Crippen molar-refractivity contribution in [1.29, 1.82) is 0 Å². The quantitative estimate of drug-likeness (QED) is 0.912. The molecule has 0 spiro atoms. The zero-order valence-corrected chi connectivity index (χ0v) is 11.4. The minimum absolute atomic E-state index is 0.158. The van der Waals surface area contributed by atoms with Gasteiger partial charge >= 0.3 is 0 Å². The molecule has 1 fully saturated rings. The Morgan fingerprint density at radius 1 is 1.45 bits per heavy atom. The van der Waals surface area contributed by atoms with Crippen LogP contribution in [0, 0.1) is 5.92 Å². The van der Waals surface area contributed by atoms with Gasteiger partial charge in [-0.2, -0.15) is 5.10 Å². The second kappa shape index (κ2) is 5.40. The fourth-order valence-corrected chi connectivity index (χ4v) is 2.62. The molecule has 104 valence electrons. The van der Waals surface area contributed by atoms with Crippen LogP contribution in [-0.2, 0) is 11.2 Å². The van der Waals surface area contributed by atoms with E-state index in [0.717, 1.165) is 42.9 Å². The molecular formula is C14H17N5O. The predicted molar refractivity (Wildman–Crippen MR) is 73.7 cm³/mol. The van der Waals surface area contributed by atoms with E-state index in [2.05, 4.69) is 20.2 Å². The number of nitrogens with one attached hydrogen (secondary N) is 1. The Morgan fingerprint density at radius 2 is 2.35 bits per heavy atom. The van der Waals surface area contributed by atoms with Gasteiger partial charge in [-0.15, -0.1) is 0 Å². The van der Waals surface area contributed by atoms with Gasteiger partial charge in [-0.1, -0.05) is 0 Å². The molecule has 3 heterocycles. The van der Waals surface area contributed by atoms with Gasteiger partial charge in [0.05, 0.1) is 23.8 Å². The van der Waals surface area contributed by atoms with E-state index >= 15 is 0 Å². The van der Waals surface area contributed by atoms with Crippen molar-refractivity contribution in [2.45, 2.75) is 19.8 Å². The standard InChI is InChI=1S/C14H17N5O/c1-10(20)19-3-2-11(9-19)4-13-7-15-8-14(18-13)12-5-16-17-6-12/h5-8,11H,2-4,9H2,1H3,(H,16,17)/t11-/m1/s1. The molecule has 1 atom stereocenters. The molecule has 0 radical (unpaired) electrons. The number of hydrogen-bond donors (Lipinski definition) is 1. The van der Waals surface area contributed by atoms with E-state index < -0.39 is 0 Å². The fourth-order valence-electron chi connectivity index (χ4n) is 2.62. The first-order valence-electron chi connectivity index (χ1n) is 6.78. The van der Waals surface area contributed by atoms with Crippen LogP contribution < -0.4 is 0 Å². The third-order valence-electron chi connectivity index (χ3n) is 3.71. The van der Waals surface area contributed by atoms with Crippen molar-refractivity contribution in [3.05, 3.63) is 30.5 Å². The zero-order chi connectivity index (χ0) is 13.9. The molecule has 0 aliphatic carbocycles. The number of carbonyl (C=O) groups excluding carboxylic acids is 1. The van der Waals surface area contributed by atoms with Crippen LogP contribution in [0.3, 0.4) is 0 Å². The summed E-state index contributed by atoms with van der Waals surface area (Å²) in [4.78, 5) is 22.1. The number of rotatable bonds is 3. The molecule has 2 aromatic heterocycles. The predicted octanol–water partition coefficient (Wildman–Crippen LogP) is 1.28. The van der Waals surface area contributed by atoms with Crippen molar-refractivity contribution in [1.82, 2.24) is 25.1 Å². The van der Waals surface area contributed by atoms with E-state index in [1.165, 1.54) is 0 Å². The van der Waals surface area contributed by atoms with Gasteiger partial charge in [0.15, 0.2) is 0 Å². The highest BCUT2D eigenvalue weighted by molar-refractivity contribution is 5.73. The maximum absolute atomic E-state index is 11.3. The van der Waals surface area contributed by atoms with Gasteiger partial charge in [0.1, 0.15) is 0 Å². The molecule has 6 heteroatoms. The second-order valence-electron chi connectivity index (χ2n) is 5.21. The van der Waals surface area contributed by atoms with Crippen LogP contribution in [-0.4, -0.2) is 44.1 Å². The SMILES string of the molecule is CC(=O)N1CC[C@H](Cc2cncc(-c3cn[nH]c3)n2)C1. The summed E-state index contributed by atoms with van der Waals surface area (Å²) in [7, 11) is 0. The maximum Gasteiger partial charge on any atom is 0.219 e. The fraction of sp³-hybridized carbons (Fsp3) is 0.429. The Hall–Kier alpha value is -2.24. The van der Waals surface area contributed by atoms with Gasteiger partial charge in [-0.05, 0) is 18.8 Å². The van der Waals surface area contributed by atoms with E-state index in [0.29, 0.717) is 5.92 Å². The Balaban J connectivity index is 1.70. The number of carbonyl (C=O) groups is 1. The third kappa shape index (κ3) is 2.68. The molecule has 1 saturated heterocycles. The van der Waals surface area contributed by atoms with Crippen LogP contribution >= 0.6 is 0 Å². The summed E-state index contributed by atoms with van der Waals surface area (Å²) in [6.07, 6.45) is 8.99. The highest BCUT2D eigenvalue weighted by Crippen LogP contribution is 2.21. The Bertz CT molecular complexity index is 595. The van der Waals surface area contributed by atoms with Crippen LogP contribution in [0.5, 0.6) is 0 Å². The van der Waals surface area contributed by atoms with Crippen molar-refractivity contribution >= 4 is 5.91 Å². The third-order valence-corrected chi connectivity index (χ3v) is 3.71. The number of hydrogen-bond acceptors (Lipinski definition) is 4. The highest BCUT2D eigenvalue weighted by atomic mass is 16.2. The van der Waals surface area contributed by atoms with E-state index in [4.69, 9.17) is 0 Å². The summed E-state index contributed by atoms with van der Waals surface area (Å²) in [6.45, 7) is 3.31. The zero-order valence-electron chi connectivity index (χ0n) is 11.4. The van der Waals surface area contributed by atoms with Crippen molar-refractivity contribution in [2.24, 2.45) is 5.92 Å². The molecule has 1 aliphatic heterocycles. The average Bonchev–Trinajstić information content (AvgIpc) is 3.10. The number of aromatic amines is 1. The maximum atomic E-state index is 11.3. The molecule has 1 N–H and O–H groups in total. The van der Waals surface area contributed by atoms with Gasteiger partial charge in [0, 0.05) is 38.0 Å². The van der Waals surface area contributed by atoms with Gasteiger partial charge < -0.3 is 4.90 Å². The largest absolute Gasteiger partial charge is 0.343 e. The summed E-state index contributed by atoms with van der Waals surface area (Å²) in [6, 6.07) is 0. The van der Waals surface area contributed by atoms with Crippen LogP contribution in [0.4, 0.5) is 0 Å². The minimum atomic E-state index is 0.158. The molecule has 3 rings (SSSR count). The summed E-state index contributed by atoms with van der Waals surface area (Å²) in [5.74, 6) is 0.638. The number of amides is 1. The first-order chi connectivity index (χ1) is 9.72. The molecule has 2 aromatic rings.